The molecule has 86 valence electrons. The first kappa shape index (κ1) is 11.0. The van der Waals surface area contributed by atoms with Gasteiger partial charge < -0.3 is 10.2 Å². The van der Waals surface area contributed by atoms with Crippen molar-refractivity contribution in [3.05, 3.63) is 29.8 Å². The zero-order chi connectivity index (χ0) is 11.4. The number of anilines is 1. The van der Waals surface area contributed by atoms with E-state index >= 15 is 0 Å². The summed E-state index contributed by atoms with van der Waals surface area (Å²) in [6.07, 6.45) is 2.43. The summed E-state index contributed by atoms with van der Waals surface area (Å²) < 4.78 is 0. The van der Waals surface area contributed by atoms with Gasteiger partial charge in [0.15, 0.2) is 0 Å². The normalized spacial score (nSPS) is 15.2. The third-order valence-electron chi connectivity index (χ3n) is 2.97. The molecular formula is C13H19N3. The molecule has 0 unspecified atom stereocenters. The van der Waals surface area contributed by atoms with Gasteiger partial charge in [-0.3, -0.25) is 5.41 Å². The summed E-state index contributed by atoms with van der Waals surface area (Å²) in [5, 5.41) is 11.5. The number of hydrogen-bond donors (Lipinski definition) is 2. The summed E-state index contributed by atoms with van der Waals surface area (Å²) in [5.41, 5.74) is 2.09. The Hall–Kier alpha value is -1.51. The number of rotatable bonds is 3. The second-order valence-electron chi connectivity index (χ2n) is 4.12. The van der Waals surface area contributed by atoms with Crippen molar-refractivity contribution >= 4 is 11.5 Å². The highest BCUT2D eigenvalue weighted by atomic mass is 15.2. The Morgan fingerprint density at radius 3 is 2.69 bits per heavy atom. The van der Waals surface area contributed by atoms with Crippen LogP contribution in [0.4, 0.5) is 5.69 Å². The second kappa shape index (κ2) is 5.01. The zero-order valence-electron chi connectivity index (χ0n) is 9.79. The molecule has 0 bridgehead atoms. The summed E-state index contributed by atoms with van der Waals surface area (Å²) in [5.74, 6) is 0.661. The molecule has 16 heavy (non-hydrogen) atoms. The number of hydrogen-bond acceptors (Lipinski definition) is 2. The lowest BCUT2D eigenvalue weighted by Crippen LogP contribution is -2.28. The molecule has 1 aromatic carbocycles. The average molecular weight is 217 g/mol. The van der Waals surface area contributed by atoms with Crippen LogP contribution < -0.4 is 5.32 Å². The minimum atomic E-state index is 0.661. The molecule has 0 atom stereocenters. The fourth-order valence-corrected chi connectivity index (χ4v) is 2.15. The maximum Gasteiger partial charge on any atom is 0.130 e. The minimum Gasteiger partial charge on any atom is -0.385 e. The molecule has 0 aromatic heterocycles. The molecular weight excluding hydrogens is 198 g/mol. The van der Waals surface area contributed by atoms with E-state index in [4.69, 9.17) is 5.41 Å². The predicted octanol–water partition coefficient (Wildman–Crippen LogP) is 2.54. The summed E-state index contributed by atoms with van der Waals surface area (Å²) in [6, 6.07) is 8.08. The summed E-state index contributed by atoms with van der Waals surface area (Å²) in [7, 11) is 0. The van der Waals surface area contributed by atoms with Crippen LogP contribution in [0.5, 0.6) is 0 Å². The molecule has 3 nitrogen and oxygen atoms in total. The standard InChI is InChI=1S/C13H19N3/c1-2-15-12-8-4-3-7-11(12)13(14)16-9-5-6-10-16/h3-4,7-8,14-15H,2,5-6,9-10H2,1H3. The predicted molar refractivity (Wildman–Crippen MR) is 68.2 cm³/mol. The smallest absolute Gasteiger partial charge is 0.130 e. The van der Waals surface area contributed by atoms with Crippen LogP contribution in [-0.2, 0) is 0 Å². The van der Waals surface area contributed by atoms with E-state index in [9.17, 15) is 0 Å². The fourth-order valence-electron chi connectivity index (χ4n) is 2.15. The second-order valence-corrected chi connectivity index (χ2v) is 4.12. The summed E-state index contributed by atoms with van der Waals surface area (Å²) in [6.45, 7) is 5.03. The molecule has 2 N–H and O–H groups in total. The maximum atomic E-state index is 8.23. The van der Waals surface area contributed by atoms with Gasteiger partial charge in [0.25, 0.3) is 0 Å². The molecule has 1 saturated heterocycles. The Balaban J connectivity index is 2.21. The highest BCUT2D eigenvalue weighted by Gasteiger charge is 2.17. The van der Waals surface area contributed by atoms with Crippen LogP contribution in [0.3, 0.4) is 0 Å². The van der Waals surface area contributed by atoms with Crippen molar-refractivity contribution in [1.29, 1.82) is 5.41 Å². The average Bonchev–Trinajstić information content (AvgIpc) is 2.83. The summed E-state index contributed by atoms with van der Waals surface area (Å²) in [4.78, 5) is 2.16. The lowest BCUT2D eigenvalue weighted by atomic mass is 10.1. The molecule has 2 rings (SSSR count). The Morgan fingerprint density at radius 1 is 1.31 bits per heavy atom. The van der Waals surface area contributed by atoms with E-state index in [-0.39, 0.29) is 0 Å². The van der Waals surface area contributed by atoms with Crippen molar-refractivity contribution in [3.63, 3.8) is 0 Å². The van der Waals surface area contributed by atoms with Crippen LogP contribution in [0.2, 0.25) is 0 Å². The van der Waals surface area contributed by atoms with Gasteiger partial charge in [-0.1, -0.05) is 12.1 Å². The van der Waals surface area contributed by atoms with Crippen LogP contribution in [0.25, 0.3) is 0 Å². The zero-order valence-corrected chi connectivity index (χ0v) is 9.79. The van der Waals surface area contributed by atoms with Crippen molar-refractivity contribution in [2.75, 3.05) is 25.0 Å². The monoisotopic (exact) mass is 217 g/mol. The highest BCUT2D eigenvalue weighted by Crippen LogP contribution is 2.19. The van der Waals surface area contributed by atoms with Crippen molar-refractivity contribution < 1.29 is 0 Å². The van der Waals surface area contributed by atoms with E-state index in [1.54, 1.807) is 0 Å². The van der Waals surface area contributed by atoms with Gasteiger partial charge in [0, 0.05) is 30.9 Å². The third kappa shape index (κ3) is 2.18. The topological polar surface area (TPSA) is 39.1 Å². The van der Waals surface area contributed by atoms with E-state index in [1.165, 1.54) is 12.8 Å². The van der Waals surface area contributed by atoms with Crippen molar-refractivity contribution in [2.24, 2.45) is 0 Å². The van der Waals surface area contributed by atoms with Crippen molar-refractivity contribution in [1.82, 2.24) is 4.90 Å². The molecule has 0 aliphatic carbocycles. The van der Waals surface area contributed by atoms with Gasteiger partial charge in [-0.25, -0.2) is 0 Å². The van der Waals surface area contributed by atoms with Crippen molar-refractivity contribution in [3.8, 4) is 0 Å². The Bertz CT molecular complexity index is 367. The Labute approximate surface area is 97.0 Å². The quantitative estimate of drug-likeness (QED) is 0.603. The van der Waals surface area contributed by atoms with Gasteiger partial charge in [-0.2, -0.15) is 0 Å². The summed E-state index contributed by atoms with van der Waals surface area (Å²) >= 11 is 0. The number of nitrogens with zero attached hydrogens (tertiary/aromatic N) is 1. The maximum absolute atomic E-state index is 8.23. The van der Waals surface area contributed by atoms with Crippen molar-refractivity contribution in [2.45, 2.75) is 19.8 Å². The minimum absolute atomic E-state index is 0.661. The van der Waals surface area contributed by atoms with Crippen LogP contribution in [-0.4, -0.2) is 30.4 Å². The first-order valence-electron chi connectivity index (χ1n) is 5.99. The van der Waals surface area contributed by atoms with Gasteiger partial charge in [-0.15, -0.1) is 0 Å². The molecule has 3 heteroatoms. The van der Waals surface area contributed by atoms with Crippen LogP contribution in [0.1, 0.15) is 25.3 Å². The van der Waals surface area contributed by atoms with E-state index in [0.29, 0.717) is 5.84 Å². The molecule has 1 fully saturated rings. The third-order valence-corrected chi connectivity index (χ3v) is 2.97. The van der Waals surface area contributed by atoms with E-state index in [2.05, 4.69) is 17.1 Å². The molecule has 1 heterocycles. The molecule has 1 aliphatic heterocycles. The highest BCUT2D eigenvalue weighted by molar-refractivity contribution is 6.01. The van der Waals surface area contributed by atoms with Crippen LogP contribution in [0, 0.1) is 5.41 Å². The SMILES string of the molecule is CCNc1ccccc1C(=N)N1CCCC1. The van der Waals surface area contributed by atoms with Gasteiger partial charge in [0.1, 0.15) is 5.84 Å². The number of likely N-dealkylation sites (tertiary alicyclic amines) is 1. The molecule has 1 aromatic rings. The Kier molecular flexibility index (Phi) is 3.44. The fraction of sp³-hybridized carbons (Fsp3) is 0.462. The number of para-hydroxylation sites is 1. The molecule has 0 amide bonds. The Morgan fingerprint density at radius 2 is 2.00 bits per heavy atom. The van der Waals surface area contributed by atoms with Crippen LogP contribution in [0.15, 0.2) is 24.3 Å². The van der Waals surface area contributed by atoms with E-state index in [0.717, 1.165) is 30.9 Å². The van der Waals surface area contributed by atoms with Gasteiger partial charge in [-0.05, 0) is 31.9 Å². The van der Waals surface area contributed by atoms with Gasteiger partial charge >= 0.3 is 0 Å². The molecule has 0 radical (unpaired) electrons. The van der Waals surface area contributed by atoms with Gasteiger partial charge in [0.2, 0.25) is 0 Å². The lowest BCUT2D eigenvalue weighted by molar-refractivity contribution is 0.517. The van der Waals surface area contributed by atoms with E-state index < -0.39 is 0 Å². The number of benzene rings is 1. The van der Waals surface area contributed by atoms with Crippen LogP contribution >= 0.6 is 0 Å². The molecule has 0 saturated carbocycles. The number of amidine groups is 1. The largest absolute Gasteiger partial charge is 0.385 e. The molecule has 0 spiro atoms. The van der Waals surface area contributed by atoms with E-state index in [1.807, 2.05) is 24.3 Å². The molecule has 1 aliphatic rings. The first-order valence-corrected chi connectivity index (χ1v) is 5.99. The first-order chi connectivity index (χ1) is 7.83. The lowest BCUT2D eigenvalue weighted by Gasteiger charge is -2.20. The number of nitrogens with one attached hydrogen (secondary N) is 2. The van der Waals surface area contributed by atoms with Gasteiger partial charge in [0.05, 0.1) is 0 Å².